The fraction of sp³-hybridized carbons (Fsp3) is 0.320. The Hall–Kier alpha value is -4.43. The standard InChI is InChI=1S/C31H27N4O.C19H26GeN.Ir/c1-17-9-18(2)29(19(3)10-17)35-27-11-20(4)32-16-26(27)34-30(35)23-13-25-24-12-21-7-5-6-8-22(21)14-28(24)36-31(25)33-15-23;1-6-15(2)12-17-13-19(16-10-8-7-9-11-16)21-14-18(17)20(3,4)5;/h9-14,16H,5-8H2,1-4H3;7-10,13-15H,6,12H2,1-5H3;/q2*-1;. The number of pyridine rings is 3. The monoisotopic (exact) mass is 1010 g/mol. The van der Waals surface area contributed by atoms with Gasteiger partial charge in [-0.15, -0.1) is 6.07 Å². The van der Waals surface area contributed by atoms with E-state index in [1.807, 2.05) is 25.3 Å². The summed E-state index contributed by atoms with van der Waals surface area (Å²) in [5, 5.41) is 2.13. The van der Waals surface area contributed by atoms with Crippen LogP contribution in [-0.4, -0.2) is 37.8 Å². The molecule has 5 aromatic heterocycles. The molecular formula is C50H53GeIrN5O-2. The van der Waals surface area contributed by atoms with Crippen LogP contribution >= 0.6 is 0 Å². The summed E-state index contributed by atoms with van der Waals surface area (Å²) in [5.41, 5.74) is 16.5. The van der Waals surface area contributed by atoms with Gasteiger partial charge in [0.05, 0.1) is 23.1 Å². The van der Waals surface area contributed by atoms with Gasteiger partial charge in [-0.2, -0.15) is 0 Å². The van der Waals surface area contributed by atoms with Crippen molar-refractivity contribution in [2.75, 3.05) is 0 Å². The van der Waals surface area contributed by atoms with Gasteiger partial charge in [0, 0.05) is 36.9 Å². The third kappa shape index (κ3) is 8.36. The van der Waals surface area contributed by atoms with Crippen LogP contribution in [-0.2, 0) is 39.4 Å². The van der Waals surface area contributed by atoms with E-state index >= 15 is 0 Å². The summed E-state index contributed by atoms with van der Waals surface area (Å²) in [5.74, 6) is 8.89. The summed E-state index contributed by atoms with van der Waals surface area (Å²) in [6.07, 6.45) is 14.4. The number of hydrogen-bond acceptors (Lipinski definition) is 5. The molecule has 1 radical (unpaired) electrons. The van der Waals surface area contributed by atoms with Gasteiger partial charge in [-0.05, 0) is 105 Å². The van der Waals surface area contributed by atoms with E-state index in [1.54, 1.807) is 4.40 Å². The molecule has 1 atom stereocenters. The molecule has 1 aliphatic rings. The number of aryl methyl sites for hydroxylation is 6. The molecule has 0 spiro atoms. The van der Waals surface area contributed by atoms with E-state index in [1.165, 1.54) is 52.6 Å². The fourth-order valence-corrected chi connectivity index (χ4v) is 11.9. The van der Waals surface area contributed by atoms with Gasteiger partial charge in [0.1, 0.15) is 11.3 Å². The molecule has 0 saturated carbocycles. The molecule has 0 bridgehead atoms. The van der Waals surface area contributed by atoms with E-state index in [0.29, 0.717) is 5.71 Å². The van der Waals surface area contributed by atoms with E-state index in [9.17, 15) is 0 Å². The quantitative estimate of drug-likeness (QED) is 0.118. The molecule has 0 fully saturated rings. The largest absolute Gasteiger partial charge is 0.483 e. The van der Waals surface area contributed by atoms with Gasteiger partial charge in [-0.1, -0.05) is 23.3 Å². The maximum atomic E-state index is 6.17. The van der Waals surface area contributed by atoms with Crippen molar-refractivity contribution >= 4 is 50.8 Å². The summed E-state index contributed by atoms with van der Waals surface area (Å²) in [7, 11) is 0. The number of furan rings is 1. The molecule has 3 aromatic carbocycles. The van der Waals surface area contributed by atoms with Crippen LogP contribution in [0, 0.1) is 45.9 Å². The Balaban J connectivity index is 0.000000200. The second-order valence-corrected chi connectivity index (χ2v) is 27.8. The van der Waals surface area contributed by atoms with E-state index in [-0.39, 0.29) is 20.1 Å². The molecule has 8 heteroatoms. The number of fused-ring (bicyclic) bond motifs is 5. The smallest absolute Gasteiger partial charge is 0.141 e. The van der Waals surface area contributed by atoms with Gasteiger partial charge in [-0.25, -0.2) is 0 Å². The van der Waals surface area contributed by atoms with Crippen LogP contribution < -0.4 is 4.40 Å². The molecule has 5 heterocycles. The van der Waals surface area contributed by atoms with Gasteiger partial charge in [-0.3, -0.25) is 9.97 Å². The van der Waals surface area contributed by atoms with Gasteiger partial charge in [0.2, 0.25) is 0 Å². The summed E-state index contributed by atoms with van der Waals surface area (Å²) in [6, 6.07) is 26.9. The first-order valence-corrected chi connectivity index (χ1v) is 27.9. The zero-order valence-electron chi connectivity index (χ0n) is 35.3. The Kier molecular flexibility index (Phi) is 12.3. The van der Waals surface area contributed by atoms with E-state index in [4.69, 9.17) is 14.4 Å². The van der Waals surface area contributed by atoms with Gasteiger partial charge in [0.15, 0.2) is 0 Å². The fourth-order valence-electron chi connectivity index (χ4n) is 8.53. The third-order valence-electron chi connectivity index (χ3n) is 11.6. The summed E-state index contributed by atoms with van der Waals surface area (Å²) < 4.78 is 9.97. The van der Waals surface area contributed by atoms with E-state index in [0.717, 1.165) is 86.6 Å². The molecule has 299 valence electrons. The average Bonchev–Trinajstić information content (AvgIpc) is 3.73. The van der Waals surface area contributed by atoms with Crippen LogP contribution in [0.2, 0.25) is 17.3 Å². The number of imidazole rings is 1. The molecule has 0 amide bonds. The topological polar surface area (TPSA) is 69.6 Å². The van der Waals surface area contributed by atoms with Crippen molar-refractivity contribution in [3.05, 3.63) is 130 Å². The average molecular weight is 1000 g/mol. The summed E-state index contributed by atoms with van der Waals surface area (Å²) in [6.45, 7) is 13.1. The predicted octanol–water partition coefficient (Wildman–Crippen LogP) is 12.0. The Morgan fingerprint density at radius 3 is 2.28 bits per heavy atom. The van der Waals surface area contributed by atoms with Crippen LogP contribution in [0.25, 0.3) is 61.4 Å². The Morgan fingerprint density at radius 2 is 1.59 bits per heavy atom. The molecule has 9 rings (SSSR count). The summed E-state index contributed by atoms with van der Waals surface area (Å²) in [4.78, 5) is 18.9. The summed E-state index contributed by atoms with van der Waals surface area (Å²) >= 11 is -1.87. The van der Waals surface area contributed by atoms with Crippen molar-refractivity contribution < 1.29 is 24.5 Å². The first-order chi connectivity index (χ1) is 27.4. The van der Waals surface area contributed by atoms with Crippen LogP contribution in [0.4, 0.5) is 0 Å². The van der Waals surface area contributed by atoms with Gasteiger partial charge >= 0.3 is 132 Å². The Bertz CT molecular complexity index is 2740. The number of aromatic nitrogens is 5. The van der Waals surface area contributed by atoms with Crippen molar-refractivity contribution in [1.29, 1.82) is 0 Å². The molecule has 58 heavy (non-hydrogen) atoms. The van der Waals surface area contributed by atoms with Crippen LogP contribution in [0.5, 0.6) is 0 Å². The number of nitrogens with zero attached hydrogens (tertiary/aromatic N) is 5. The van der Waals surface area contributed by atoms with Crippen molar-refractivity contribution in [1.82, 2.24) is 24.5 Å². The minimum Gasteiger partial charge on any atom is -0.483 e. The van der Waals surface area contributed by atoms with Crippen molar-refractivity contribution in [2.45, 2.75) is 97.3 Å². The zero-order valence-corrected chi connectivity index (χ0v) is 39.8. The molecule has 0 saturated heterocycles. The molecule has 1 unspecified atom stereocenters. The van der Waals surface area contributed by atoms with E-state index in [2.05, 4.69) is 139 Å². The van der Waals surface area contributed by atoms with Crippen molar-refractivity contribution in [2.24, 2.45) is 5.92 Å². The second-order valence-electron chi connectivity index (χ2n) is 17.2. The number of benzene rings is 3. The first kappa shape index (κ1) is 41.7. The SMILES string of the molecule is CCC(C)Cc1cc(-c2[c-]cccc2)nc[c]1[Ge]([CH3])([CH3])[CH3].Cc1cc(C)c(-n2c(-c3[c-]nc4oc5cc6c(cc5c4c3)CCCC6)nc3cnc(C)cc32)c(C)c1.[Ir]. The minimum atomic E-state index is -1.87. The second kappa shape index (κ2) is 17.0. The third-order valence-corrected chi connectivity index (χ3v) is 15.9. The number of rotatable bonds is 7. The minimum absolute atomic E-state index is 0. The van der Waals surface area contributed by atoms with Crippen LogP contribution in [0.1, 0.15) is 72.2 Å². The van der Waals surface area contributed by atoms with Crippen LogP contribution in [0.3, 0.4) is 0 Å². The Labute approximate surface area is 359 Å². The maximum Gasteiger partial charge on any atom is 0.141 e. The number of hydrogen-bond donors (Lipinski definition) is 0. The normalized spacial score (nSPS) is 13.3. The van der Waals surface area contributed by atoms with Crippen LogP contribution in [0.15, 0.2) is 83.5 Å². The Morgan fingerprint density at radius 1 is 0.845 bits per heavy atom. The molecule has 8 aromatic rings. The molecule has 0 N–H and O–H groups in total. The molecule has 1 aliphatic carbocycles. The first-order valence-electron chi connectivity index (χ1n) is 20.5. The predicted molar refractivity (Wildman–Crippen MR) is 238 cm³/mol. The van der Waals surface area contributed by atoms with Gasteiger partial charge in [0.25, 0.3) is 0 Å². The molecule has 6 nitrogen and oxygen atoms in total. The zero-order chi connectivity index (χ0) is 40.0. The molecular weight excluding hydrogens is 951 g/mol. The van der Waals surface area contributed by atoms with Crippen molar-refractivity contribution in [3.8, 4) is 28.3 Å². The van der Waals surface area contributed by atoms with E-state index < -0.39 is 13.3 Å². The molecule has 0 aliphatic heterocycles. The van der Waals surface area contributed by atoms with Crippen molar-refractivity contribution in [3.63, 3.8) is 0 Å². The maximum absolute atomic E-state index is 6.17. The van der Waals surface area contributed by atoms with Gasteiger partial charge < -0.3 is 14.0 Å².